The number of hydrogen-bond acceptors (Lipinski definition) is 3. The third-order valence-corrected chi connectivity index (χ3v) is 2.82. The Hall–Kier alpha value is -2.01. The number of aromatic nitrogens is 1. The predicted octanol–water partition coefficient (Wildman–Crippen LogP) is 2.62. The quantitative estimate of drug-likeness (QED) is 0.862. The van der Waals surface area contributed by atoms with Gasteiger partial charge in [0.1, 0.15) is 16.6 Å². The smallest absolute Gasteiger partial charge is 0.146 e. The number of nitrogens with two attached hydrogens (primary N) is 1. The van der Waals surface area contributed by atoms with E-state index in [4.69, 9.17) is 18.0 Å². The number of para-hydroxylation sites is 1. The van der Waals surface area contributed by atoms with Gasteiger partial charge in [-0.3, -0.25) is 0 Å². The van der Waals surface area contributed by atoms with Crippen molar-refractivity contribution in [3.8, 4) is 0 Å². The average molecular weight is 261 g/mol. The Kier molecular flexibility index (Phi) is 3.53. The molecule has 0 saturated carbocycles. The van der Waals surface area contributed by atoms with Crippen molar-refractivity contribution < 1.29 is 4.39 Å². The van der Waals surface area contributed by atoms with Crippen molar-refractivity contribution in [3.05, 3.63) is 54.0 Å². The maximum Gasteiger partial charge on any atom is 0.146 e. The van der Waals surface area contributed by atoms with E-state index in [-0.39, 0.29) is 5.82 Å². The van der Waals surface area contributed by atoms with Crippen molar-refractivity contribution in [3.63, 3.8) is 0 Å². The van der Waals surface area contributed by atoms with Gasteiger partial charge in [0.2, 0.25) is 0 Å². The van der Waals surface area contributed by atoms with Crippen LogP contribution >= 0.6 is 12.2 Å². The molecule has 0 atom stereocenters. The summed E-state index contributed by atoms with van der Waals surface area (Å²) in [7, 11) is 1.74. The van der Waals surface area contributed by atoms with Crippen molar-refractivity contribution in [2.75, 3.05) is 11.9 Å². The molecule has 0 amide bonds. The summed E-state index contributed by atoms with van der Waals surface area (Å²) in [4.78, 5) is 6.13. The predicted molar refractivity (Wildman–Crippen MR) is 74.6 cm³/mol. The fraction of sp³-hybridized carbons (Fsp3) is 0.0769. The van der Waals surface area contributed by atoms with Gasteiger partial charge >= 0.3 is 0 Å². The number of thiocarbonyl (C=S) groups is 1. The van der Waals surface area contributed by atoms with E-state index in [0.717, 1.165) is 0 Å². The van der Waals surface area contributed by atoms with Crippen LogP contribution in [-0.4, -0.2) is 17.0 Å². The third-order valence-electron chi connectivity index (χ3n) is 2.59. The lowest BCUT2D eigenvalue weighted by Crippen LogP contribution is -2.15. The molecule has 92 valence electrons. The topological polar surface area (TPSA) is 42.1 Å². The molecule has 2 aromatic rings. The Morgan fingerprint density at radius 3 is 2.72 bits per heavy atom. The number of pyridine rings is 1. The Bertz CT molecular complexity index is 586. The monoisotopic (exact) mass is 261 g/mol. The molecule has 0 radical (unpaired) electrons. The Balaban J connectivity index is 2.40. The Morgan fingerprint density at radius 2 is 2.06 bits per heavy atom. The highest BCUT2D eigenvalue weighted by atomic mass is 32.1. The van der Waals surface area contributed by atoms with Crippen LogP contribution in [0.1, 0.15) is 5.56 Å². The van der Waals surface area contributed by atoms with Crippen LogP contribution < -0.4 is 10.6 Å². The first-order valence-electron chi connectivity index (χ1n) is 5.33. The number of halogens is 1. The van der Waals surface area contributed by atoms with Gasteiger partial charge in [-0.2, -0.15) is 0 Å². The van der Waals surface area contributed by atoms with E-state index < -0.39 is 0 Å². The van der Waals surface area contributed by atoms with Crippen LogP contribution in [0.5, 0.6) is 0 Å². The van der Waals surface area contributed by atoms with Gasteiger partial charge in [-0.25, -0.2) is 9.37 Å². The molecule has 0 spiro atoms. The molecule has 18 heavy (non-hydrogen) atoms. The molecule has 0 unspecified atom stereocenters. The van der Waals surface area contributed by atoms with Gasteiger partial charge in [0, 0.05) is 18.8 Å². The highest BCUT2D eigenvalue weighted by Gasteiger charge is 2.10. The SMILES string of the molecule is CN(c1cc(C(N)=S)ccn1)c1ccccc1F. The molecule has 0 aliphatic rings. The van der Waals surface area contributed by atoms with E-state index in [1.54, 1.807) is 48.5 Å². The number of benzene rings is 1. The number of hydrogen-bond donors (Lipinski definition) is 1. The molecule has 5 heteroatoms. The van der Waals surface area contributed by atoms with Gasteiger partial charge in [-0.15, -0.1) is 0 Å². The van der Waals surface area contributed by atoms with Crippen LogP contribution in [0.25, 0.3) is 0 Å². The van der Waals surface area contributed by atoms with Gasteiger partial charge in [0.25, 0.3) is 0 Å². The summed E-state index contributed by atoms with van der Waals surface area (Å²) in [6.07, 6.45) is 1.60. The van der Waals surface area contributed by atoms with E-state index in [9.17, 15) is 4.39 Å². The Morgan fingerprint density at radius 1 is 1.33 bits per heavy atom. The maximum atomic E-state index is 13.7. The molecule has 2 rings (SSSR count). The van der Waals surface area contributed by atoms with Crippen molar-refractivity contribution in [2.24, 2.45) is 5.73 Å². The lowest BCUT2D eigenvalue weighted by Gasteiger charge is -2.19. The molecule has 0 aliphatic carbocycles. The molecule has 1 aromatic heterocycles. The van der Waals surface area contributed by atoms with Gasteiger partial charge in [0.05, 0.1) is 5.69 Å². The zero-order chi connectivity index (χ0) is 13.1. The first kappa shape index (κ1) is 12.4. The fourth-order valence-electron chi connectivity index (χ4n) is 1.60. The molecule has 2 N–H and O–H groups in total. The second-order valence-corrected chi connectivity index (χ2v) is 4.22. The molecule has 0 aliphatic heterocycles. The first-order valence-corrected chi connectivity index (χ1v) is 5.74. The molecule has 0 saturated heterocycles. The third kappa shape index (κ3) is 2.46. The first-order chi connectivity index (χ1) is 8.59. The number of anilines is 2. The lowest BCUT2D eigenvalue weighted by molar-refractivity contribution is 0.627. The molecular formula is C13H12FN3S. The summed E-state index contributed by atoms with van der Waals surface area (Å²) >= 11 is 4.91. The number of nitrogens with zero attached hydrogens (tertiary/aromatic N) is 2. The van der Waals surface area contributed by atoms with Crippen molar-refractivity contribution in [1.29, 1.82) is 0 Å². The molecular weight excluding hydrogens is 249 g/mol. The van der Waals surface area contributed by atoms with E-state index in [1.807, 2.05) is 0 Å². The maximum absolute atomic E-state index is 13.7. The van der Waals surface area contributed by atoms with Crippen molar-refractivity contribution >= 4 is 28.7 Å². The highest BCUT2D eigenvalue weighted by Crippen LogP contribution is 2.24. The summed E-state index contributed by atoms with van der Waals surface area (Å²) < 4.78 is 13.7. The minimum atomic E-state index is -0.303. The van der Waals surface area contributed by atoms with E-state index in [2.05, 4.69) is 4.98 Å². The molecule has 1 heterocycles. The van der Waals surface area contributed by atoms with Gasteiger partial charge < -0.3 is 10.6 Å². The zero-order valence-corrected chi connectivity index (χ0v) is 10.6. The van der Waals surface area contributed by atoms with Crippen LogP contribution in [-0.2, 0) is 0 Å². The largest absolute Gasteiger partial charge is 0.389 e. The normalized spacial score (nSPS) is 10.1. The molecule has 0 fully saturated rings. The Labute approximate surface area is 110 Å². The van der Waals surface area contributed by atoms with Crippen LogP contribution in [0.15, 0.2) is 42.6 Å². The second kappa shape index (κ2) is 5.10. The molecule has 3 nitrogen and oxygen atoms in total. The second-order valence-electron chi connectivity index (χ2n) is 3.78. The zero-order valence-electron chi connectivity index (χ0n) is 9.80. The molecule has 0 bridgehead atoms. The van der Waals surface area contributed by atoms with Crippen LogP contribution in [0, 0.1) is 5.82 Å². The summed E-state index contributed by atoms with van der Waals surface area (Å²) in [6, 6.07) is 9.96. The average Bonchev–Trinajstić information content (AvgIpc) is 2.38. The number of rotatable bonds is 3. The lowest BCUT2D eigenvalue weighted by atomic mass is 10.2. The van der Waals surface area contributed by atoms with Crippen LogP contribution in [0.2, 0.25) is 0 Å². The van der Waals surface area contributed by atoms with E-state index in [0.29, 0.717) is 22.1 Å². The minimum absolute atomic E-state index is 0.292. The van der Waals surface area contributed by atoms with Gasteiger partial charge in [0.15, 0.2) is 0 Å². The van der Waals surface area contributed by atoms with Crippen molar-refractivity contribution in [2.45, 2.75) is 0 Å². The van der Waals surface area contributed by atoms with E-state index >= 15 is 0 Å². The van der Waals surface area contributed by atoms with Gasteiger partial charge in [-0.05, 0) is 24.3 Å². The van der Waals surface area contributed by atoms with Crippen molar-refractivity contribution in [1.82, 2.24) is 4.98 Å². The minimum Gasteiger partial charge on any atom is -0.389 e. The summed E-state index contributed by atoms with van der Waals surface area (Å²) in [5, 5.41) is 0. The fourth-order valence-corrected chi connectivity index (χ4v) is 1.73. The summed E-state index contributed by atoms with van der Waals surface area (Å²) in [5.74, 6) is 0.285. The van der Waals surface area contributed by atoms with Crippen LogP contribution in [0.3, 0.4) is 0 Å². The van der Waals surface area contributed by atoms with Crippen LogP contribution in [0.4, 0.5) is 15.9 Å². The summed E-state index contributed by atoms with van der Waals surface area (Å²) in [5.41, 5.74) is 6.72. The summed E-state index contributed by atoms with van der Waals surface area (Å²) in [6.45, 7) is 0. The highest BCUT2D eigenvalue weighted by molar-refractivity contribution is 7.80. The van der Waals surface area contributed by atoms with E-state index in [1.165, 1.54) is 6.07 Å². The molecule has 1 aromatic carbocycles. The van der Waals surface area contributed by atoms with Gasteiger partial charge in [-0.1, -0.05) is 24.4 Å². The standard InChI is InChI=1S/C13H12FN3S/c1-17(11-5-3-2-4-10(11)14)12-8-9(13(15)18)6-7-16-12/h2-8H,1H3,(H2,15,18).